The SMILES string of the molecule is C#CCCN1CCN(c2c(C#N)cnc3c(C)cc(C)cc23)CC1. The maximum absolute atomic E-state index is 9.57. The average Bonchev–Trinajstić information content (AvgIpc) is 2.59. The van der Waals surface area contributed by atoms with E-state index in [1.165, 1.54) is 5.56 Å². The van der Waals surface area contributed by atoms with Crippen LogP contribution in [0.25, 0.3) is 10.9 Å². The first-order valence-corrected chi connectivity index (χ1v) is 8.35. The fourth-order valence-corrected chi connectivity index (χ4v) is 3.49. The molecule has 0 radical (unpaired) electrons. The summed E-state index contributed by atoms with van der Waals surface area (Å²) in [7, 11) is 0. The summed E-state index contributed by atoms with van der Waals surface area (Å²) in [5.74, 6) is 2.71. The third-order valence-corrected chi connectivity index (χ3v) is 4.66. The molecule has 3 rings (SSSR count). The van der Waals surface area contributed by atoms with E-state index < -0.39 is 0 Å². The number of nitriles is 1. The van der Waals surface area contributed by atoms with Gasteiger partial charge in [0.15, 0.2) is 0 Å². The highest BCUT2D eigenvalue weighted by Crippen LogP contribution is 2.32. The predicted molar refractivity (Wildman–Crippen MR) is 98.0 cm³/mol. The summed E-state index contributed by atoms with van der Waals surface area (Å²) < 4.78 is 0. The van der Waals surface area contributed by atoms with Crippen LogP contribution in [-0.4, -0.2) is 42.6 Å². The Labute approximate surface area is 143 Å². The third kappa shape index (κ3) is 3.07. The van der Waals surface area contributed by atoms with Crippen LogP contribution in [0.5, 0.6) is 0 Å². The zero-order valence-corrected chi connectivity index (χ0v) is 14.3. The van der Waals surface area contributed by atoms with E-state index in [9.17, 15) is 5.26 Å². The number of fused-ring (bicyclic) bond motifs is 1. The van der Waals surface area contributed by atoms with Crippen LogP contribution in [-0.2, 0) is 0 Å². The molecule has 0 unspecified atom stereocenters. The Morgan fingerprint density at radius 2 is 1.96 bits per heavy atom. The highest BCUT2D eigenvalue weighted by Gasteiger charge is 2.22. The second-order valence-corrected chi connectivity index (χ2v) is 6.39. The van der Waals surface area contributed by atoms with E-state index in [1.54, 1.807) is 6.20 Å². The lowest BCUT2D eigenvalue weighted by Crippen LogP contribution is -2.46. The van der Waals surface area contributed by atoms with Crippen molar-refractivity contribution in [1.29, 1.82) is 5.26 Å². The second kappa shape index (κ2) is 6.91. The number of hydrogen-bond donors (Lipinski definition) is 0. The summed E-state index contributed by atoms with van der Waals surface area (Å²) >= 11 is 0. The fraction of sp³-hybridized carbons (Fsp3) is 0.400. The lowest BCUT2D eigenvalue weighted by Gasteiger charge is -2.36. The van der Waals surface area contributed by atoms with Gasteiger partial charge in [-0.05, 0) is 25.5 Å². The smallest absolute Gasteiger partial charge is 0.103 e. The van der Waals surface area contributed by atoms with Gasteiger partial charge in [0.05, 0.1) is 16.8 Å². The van der Waals surface area contributed by atoms with Gasteiger partial charge in [0.1, 0.15) is 6.07 Å². The Balaban J connectivity index is 1.97. The van der Waals surface area contributed by atoms with Crippen LogP contribution in [0.15, 0.2) is 18.3 Å². The molecule has 1 aliphatic heterocycles. The molecule has 4 heteroatoms. The van der Waals surface area contributed by atoms with Gasteiger partial charge in [0, 0.05) is 50.7 Å². The molecule has 0 saturated carbocycles. The molecule has 0 amide bonds. The van der Waals surface area contributed by atoms with Gasteiger partial charge in [-0.3, -0.25) is 9.88 Å². The van der Waals surface area contributed by atoms with E-state index >= 15 is 0 Å². The van der Waals surface area contributed by atoms with E-state index in [-0.39, 0.29) is 0 Å². The number of hydrogen-bond acceptors (Lipinski definition) is 4. The predicted octanol–water partition coefficient (Wildman–Crippen LogP) is 2.87. The summed E-state index contributed by atoms with van der Waals surface area (Å²) in [5.41, 5.74) is 5.04. The van der Waals surface area contributed by atoms with Gasteiger partial charge >= 0.3 is 0 Å². The second-order valence-electron chi connectivity index (χ2n) is 6.39. The van der Waals surface area contributed by atoms with E-state index in [2.05, 4.69) is 52.8 Å². The van der Waals surface area contributed by atoms with Gasteiger partial charge in [0.25, 0.3) is 0 Å². The van der Waals surface area contributed by atoms with Crippen molar-refractivity contribution in [3.63, 3.8) is 0 Å². The van der Waals surface area contributed by atoms with Crippen LogP contribution >= 0.6 is 0 Å². The molecule has 1 aromatic carbocycles. The van der Waals surface area contributed by atoms with Crippen LogP contribution in [0, 0.1) is 37.5 Å². The molecular weight excluding hydrogens is 296 g/mol. The van der Waals surface area contributed by atoms with Crippen LogP contribution in [0.2, 0.25) is 0 Å². The van der Waals surface area contributed by atoms with Crippen LogP contribution < -0.4 is 4.90 Å². The van der Waals surface area contributed by atoms with Crippen molar-refractivity contribution >= 4 is 16.6 Å². The largest absolute Gasteiger partial charge is 0.367 e. The zero-order valence-electron chi connectivity index (χ0n) is 14.3. The van der Waals surface area contributed by atoms with Crippen molar-refractivity contribution in [1.82, 2.24) is 9.88 Å². The number of aromatic nitrogens is 1. The normalized spacial score (nSPS) is 15.2. The highest BCUT2D eigenvalue weighted by atomic mass is 15.3. The summed E-state index contributed by atoms with van der Waals surface area (Å²) in [6, 6.07) is 6.62. The zero-order chi connectivity index (χ0) is 17.1. The maximum atomic E-state index is 9.57. The molecule has 2 aromatic rings. The number of anilines is 1. The van der Waals surface area contributed by atoms with Crippen molar-refractivity contribution in [3.05, 3.63) is 35.0 Å². The average molecular weight is 318 g/mol. The van der Waals surface area contributed by atoms with Crippen LogP contribution in [0.3, 0.4) is 0 Å². The summed E-state index contributed by atoms with van der Waals surface area (Å²) in [6.45, 7) is 8.88. The molecule has 0 aliphatic carbocycles. The van der Waals surface area contributed by atoms with Crippen molar-refractivity contribution < 1.29 is 0 Å². The monoisotopic (exact) mass is 318 g/mol. The molecule has 0 N–H and O–H groups in total. The van der Waals surface area contributed by atoms with Gasteiger partial charge in [-0.2, -0.15) is 5.26 Å². The maximum Gasteiger partial charge on any atom is 0.103 e. The number of aryl methyl sites for hydroxylation is 2. The Morgan fingerprint density at radius 1 is 1.21 bits per heavy atom. The molecule has 1 aromatic heterocycles. The number of benzene rings is 1. The highest BCUT2D eigenvalue weighted by molar-refractivity contribution is 5.96. The minimum atomic E-state index is 0.657. The van der Waals surface area contributed by atoms with Crippen LogP contribution in [0.1, 0.15) is 23.1 Å². The lowest BCUT2D eigenvalue weighted by molar-refractivity contribution is 0.264. The van der Waals surface area contributed by atoms with Crippen LogP contribution in [0.4, 0.5) is 5.69 Å². The van der Waals surface area contributed by atoms with Crippen molar-refractivity contribution in [3.8, 4) is 18.4 Å². The van der Waals surface area contributed by atoms with E-state index in [1.807, 2.05) is 0 Å². The summed E-state index contributed by atoms with van der Waals surface area (Å²) in [4.78, 5) is 9.24. The number of piperazine rings is 1. The molecule has 24 heavy (non-hydrogen) atoms. The molecule has 122 valence electrons. The number of terminal acetylenes is 1. The fourth-order valence-electron chi connectivity index (χ4n) is 3.49. The van der Waals surface area contributed by atoms with Gasteiger partial charge < -0.3 is 4.90 Å². The summed E-state index contributed by atoms with van der Waals surface area (Å²) in [6.07, 6.45) is 7.87. The molecule has 0 atom stereocenters. The lowest BCUT2D eigenvalue weighted by atomic mass is 10.0. The molecule has 2 heterocycles. The van der Waals surface area contributed by atoms with Crippen molar-refractivity contribution in [2.24, 2.45) is 0 Å². The molecule has 1 saturated heterocycles. The minimum Gasteiger partial charge on any atom is -0.367 e. The minimum absolute atomic E-state index is 0.657. The van der Waals surface area contributed by atoms with E-state index in [4.69, 9.17) is 6.42 Å². The molecule has 0 spiro atoms. The Bertz CT molecular complexity index is 833. The molecule has 1 fully saturated rings. The quantitative estimate of drug-likeness (QED) is 0.816. The first-order valence-electron chi connectivity index (χ1n) is 8.35. The van der Waals surface area contributed by atoms with Crippen molar-refractivity contribution in [2.45, 2.75) is 20.3 Å². The van der Waals surface area contributed by atoms with Gasteiger partial charge in [-0.25, -0.2) is 0 Å². The first kappa shape index (κ1) is 16.3. The van der Waals surface area contributed by atoms with Gasteiger partial charge in [-0.15, -0.1) is 12.3 Å². The van der Waals surface area contributed by atoms with E-state index in [0.717, 1.165) is 61.3 Å². The topological polar surface area (TPSA) is 43.2 Å². The number of pyridine rings is 1. The third-order valence-electron chi connectivity index (χ3n) is 4.66. The summed E-state index contributed by atoms with van der Waals surface area (Å²) in [5, 5.41) is 10.7. The Morgan fingerprint density at radius 3 is 2.62 bits per heavy atom. The van der Waals surface area contributed by atoms with Gasteiger partial charge in [0.2, 0.25) is 0 Å². The molecule has 0 bridgehead atoms. The molecule has 1 aliphatic rings. The number of rotatable bonds is 3. The number of nitrogens with zero attached hydrogens (tertiary/aromatic N) is 4. The van der Waals surface area contributed by atoms with Crippen molar-refractivity contribution in [2.75, 3.05) is 37.6 Å². The first-order chi connectivity index (χ1) is 11.6. The van der Waals surface area contributed by atoms with E-state index in [0.29, 0.717) is 5.56 Å². The standard InChI is InChI=1S/C20H22N4/c1-4-5-6-23-7-9-24(10-8-23)20-17(13-21)14-22-19-16(3)11-15(2)12-18(19)20/h1,11-12,14H,5-10H2,2-3H3. The molecule has 4 nitrogen and oxygen atoms in total. The Hall–Kier alpha value is -2.56. The van der Waals surface area contributed by atoms with Gasteiger partial charge in [-0.1, -0.05) is 11.6 Å². The molecular formula is C20H22N4. The Kier molecular flexibility index (Phi) is 4.69.